The van der Waals surface area contributed by atoms with Gasteiger partial charge in [0.2, 0.25) is 0 Å². The van der Waals surface area contributed by atoms with Gasteiger partial charge in [0.15, 0.2) is 16.2 Å². The topological polar surface area (TPSA) is 192 Å². The third kappa shape index (κ3) is 27.2. The fourth-order valence-electron chi connectivity index (χ4n) is 15.8. The first-order valence-corrected chi connectivity index (χ1v) is 42.4. The number of aliphatic hydroxyl groups is 1. The van der Waals surface area contributed by atoms with Crippen LogP contribution in [0.2, 0.25) is 0 Å². The smallest absolute Gasteiger partial charge is 0.406 e. The number of aliphatic hydroxyl groups excluding tert-OH is 1. The zero-order valence-electron chi connectivity index (χ0n) is 72.4. The van der Waals surface area contributed by atoms with Crippen molar-refractivity contribution in [2.45, 2.75) is 158 Å². The van der Waals surface area contributed by atoms with Gasteiger partial charge in [-0.05, 0) is 148 Å². The molecule has 3 atom stereocenters. The van der Waals surface area contributed by atoms with Crippen LogP contribution in [-0.4, -0.2) is 228 Å². The summed E-state index contributed by atoms with van der Waals surface area (Å²) in [6.07, 6.45) is -22.0. The predicted molar refractivity (Wildman–Crippen MR) is 455 cm³/mol. The summed E-state index contributed by atoms with van der Waals surface area (Å²) < 4.78 is 263. The van der Waals surface area contributed by atoms with Crippen molar-refractivity contribution < 1.29 is 117 Å². The lowest BCUT2D eigenvalue weighted by Gasteiger charge is -2.41. The van der Waals surface area contributed by atoms with E-state index in [0.29, 0.717) is 112 Å². The second-order valence-corrected chi connectivity index (χ2v) is 32.8. The van der Waals surface area contributed by atoms with Crippen LogP contribution in [0.1, 0.15) is 97.0 Å². The number of ether oxygens (including phenoxy) is 4. The van der Waals surface area contributed by atoms with Gasteiger partial charge < -0.3 is 29.8 Å². The first kappa shape index (κ1) is 103. The van der Waals surface area contributed by atoms with Crippen molar-refractivity contribution in [3.63, 3.8) is 0 Å². The van der Waals surface area contributed by atoms with E-state index in [1.54, 1.807) is 73.6 Å². The molecule has 6 heterocycles. The van der Waals surface area contributed by atoms with Crippen molar-refractivity contribution in [3.8, 4) is 33.4 Å². The zero-order valence-corrected chi connectivity index (χ0v) is 72.4. The molecule has 3 aromatic heterocycles. The third-order valence-corrected chi connectivity index (χ3v) is 24.0. The van der Waals surface area contributed by atoms with E-state index in [4.69, 9.17) is 29.8 Å². The predicted octanol–water partition coefficient (Wildman–Crippen LogP) is 18.2. The minimum atomic E-state index is -5.50. The number of aromatic nitrogens is 3. The molecule has 708 valence electrons. The molecule has 0 aliphatic carbocycles. The average molecular weight is 1860 g/mol. The van der Waals surface area contributed by atoms with Crippen LogP contribution in [0.15, 0.2) is 219 Å². The van der Waals surface area contributed by atoms with Gasteiger partial charge in [-0.3, -0.25) is 58.7 Å². The molecular weight excluding hydrogens is 1750 g/mol. The first-order chi connectivity index (χ1) is 61.9. The van der Waals surface area contributed by atoms with Gasteiger partial charge in [-0.25, -0.2) is 0 Å². The van der Waals surface area contributed by atoms with E-state index in [2.05, 4.69) is 44.4 Å². The molecule has 0 saturated carbocycles. The van der Waals surface area contributed by atoms with Gasteiger partial charge in [0.25, 0.3) is 0 Å². The molecule has 131 heavy (non-hydrogen) atoms. The van der Waals surface area contributed by atoms with Crippen LogP contribution in [0.4, 0.5) is 79.0 Å². The molecule has 3 aliphatic heterocycles. The lowest BCUT2D eigenvalue weighted by molar-refractivity contribution is -0.298. The number of piperazine rings is 3. The van der Waals surface area contributed by atoms with Crippen molar-refractivity contribution in [2.24, 2.45) is 5.73 Å². The Morgan fingerprint density at radius 3 is 0.786 bits per heavy atom. The van der Waals surface area contributed by atoms with Crippen LogP contribution in [0.5, 0.6) is 0 Å². The molecule has 9 aromatic rings. The van der Waals surface area contributed by atoms with Crippen LogP contribution in [0.3, 0.4) is 0 Å². The summed E-state index contributed by atoms with van der Waals surface area (Å²) in [5.74, 6) is -0.984. The second-order valence-electron chi connectivity index (χ2n) is 32.8. The van der Waals surface area contributed by atoms with Gasteiger partial charge in [-0.15, -0.1) is 0 Å². The SMILES string of the molecule is CC(c1ccc(-c2ccc(CN3CCN(Cc4ccncc4)C(CC(=O)OCCN)C3)cc2)cc1)(C(F)(F)F)C(F)(F)F.CC(c1ccc(-c2ccc(CN3CCN(Cc4ccncc4)C(CC(=O)OCCO)C3)cc2)cc1)(C(F)(F)F)C(F)(F)F.CCOCCOC(=O)CC1CN(Cc2ccc(-c3ccc(C(C)(C(F)(F)F)C(F)(F)F)cc3)cc2)CCN1Cc1ccncc1. The van der Waals surface area contributed by atoms with Gasteiger partial charge in [-0.2, -0.15) is 79.0 Å². The van der Waals surface area contributed by atoms with Crippen molar-refractivity contribution in [1.29, 1.82) is 0 Å². The van der Waals surface area contributed by atoms with Gasteiger partial charge in [0.1, 0.15) is 19.8 Å². The lowest BCUT2D eigenvalue weighted by atomic mass is 9.80. The Hall–Kier alpha value is -10.4. The highest BCUT2D eigenvalue weighted by atomic mass is 19.4. The molecule has 12 rings (SSSR count). The van der Waals surface area contributed by atoms with E-state index in [1.165, 1.54) is 36.4 Å². The monoisotopic (exact) mass is 1850 g/mol. The Bertz CT molecular complexity index is 4780. The van der Waals surface area contributed by atoms with E-state index in [9.17, 15) is 93.4 Å². The van der Waals surface area contributed by atoms with E-state index in [-0.39, 0.29) is 109 Å². The molecule has 3 unspecified atom stereocenters. The molecule has 3 saturated heterocycles. The maximum absolute atomic E-state index is 13.5. The Morgan fingerprint density at radius 1 is 0.328 bits per heavy atom. The third-order valence-electron chi connectivity index (χ3n) is 24.0. The van der Waals surface area contributed by atoms with Gasteiger partial charge in [0, 0.05) is 167 Å². The van der Waals surface area contributed by atoms with Crippen molar-refractivity contribution in [2.75, 3.05) is 105 Å². The van der Waals surface area contributed by atoms with E-state index < -0.39 is 70.0 Å². The number of alkyl halides is 18. The molecule has 36 heteroatoms. The quantitative estimate of drug-likeness (QED) is 0.0175. The van der Waals surface area contributed by atoms with E-state index >= 15 is 0 Å². The molecule has 3 N–H and O–H groups in total. The lowest BCUT2D eigenvalue weighted by Crippen LogP contribution is -2.53. The number of nitrogens with two attached hydrogens (primary N) is 1. The fraction of sp³-hybridized carbons (Fsp3) is 0.432. The van der Waals surface area contributed by atoms with Gasteiger partial charge >= 0.3 is 55.0 Å². The highest BCUT2D eigenvalue weighted by Crippen LogP contribution is 2.55. The number of halogens is 18. The second kappa shape index (κ2) is 45.3. The summed E-state index contributed by atoms with van der Waals surface area (Å²) in [4.78, 5) is 63.1. The number of carbonyl (C=O) groups is 3. The average Bonchev–Trinajstić information content (AvgIpc) is 0.753. The molecule has 6 aromatic carbocycles. The number of pyridine rings is 3. The number of rotatable bonds is 32. The maximum Gasteiger partial charge on any atom is 0.406 e. The minimum absolute atomic E-state index is 0.0569. The minimum Gasteiger partial charge on any atom is -0.464 e. The van der Waals surface area contributed by atoms with Crippen LogP contribution in [-0.2, 0) is 88.8 Å². The molecule has 3 aliphatic rings. The number of hydrogen-bond donors (Lipinski definition) is 2. The van der Waals surface area contributed by atoms with Crippen molar-refractivity contribution in [3.05, 3.63) is 269 Å². The van der Waals surface area contributed by atoms with Crippen LogP contribution < -0.4 is 5.73 Å². The molecular formula is C95H104F18N10O8. The zero-order chi connectivity index (χ0) is 95.2. The summed E-state index contributed by atoms with van der Waals surface area (Å²) in [5.41, 5.74) is 0.635. The summed E-state index contributed by atoms with van der Waals surface area (Å²) in [6.45, 7) is 13.6. The summed E-state index contributed by atoms with van der Waals surface area (Å²) in [7, 11) is 0. The Morgan fingerprint density at radius 2 is 0.557 bits per heavy atom. The van der Waals surface area contributed by atoms with Crippen molar-refractivity contribution in [1.82, 2.24) is 44.4 Å². The number of hydrogen-bond acceptors (Lipinski definition) is 18. The summed E-state index contributed by atoms with van der Waals surface area (Å²) >= 11 is 0. The fourth-order valence-corrected chi connectivity index (χ4v) is 15.8. The standard InChI is InChI=1S/C33H37F6N3O3.C31H34F6N4O2.C31H33F6N3O3/c1-3-44-18-19-45-30(43)20-29-23-41(16-17-42(29)22-25-12-14-40-15-13-25)21-24-4-6-26(7-5-24)27-8-10-28(11-9-27)31(2,32(34,35)36)33(37,38)39;1-29(30(32,33)34,31(35,36)37)26-8-6-25(7-9-26)24-4-2-22(3-5-24)19-40-15-16-41(20-23-10-13-39-14-11-23)27(21-40)18-28(42)43-17-12-38;1-29(30(32,33)34,31(35,36)37)26-8-6-25(7-9-26)24-4-2-22(3-5-24)19-39-14-15-40(20-23-10-12-38-13-11-23)27(21-39)18-28(42)43-17-16-41/h4-15,29H,3,16-23H2,1-2H3;2-11,13-14,27H,12,15-21,38H2,1H3;2-13,27,41H,14-21H2,1H3. The molecule has 3 fully saturated rings. The summed E-state index contributed by atoms with van der Waals surface area (Å²) in [6, 6.07) is 46.3. The van der Waals surface area contributed by atoms with Gasteiger partial charge in [-0.1, -0.05) is 146 Å². The summed E-state index contributed by atoms with van der Waals surface area (Å²) in [5, 5.41) is 8.99. The molecule has 0 bridgehead atoms. The molecule has 0 radical (unpaired) electrons. The van der Waals surface area contributed by atoms with Gasteiger partial charge in [0.05, 0.1) is 32.5 Å². The Labute approximate surface area is 747 Å². The highest BCUT2D eigenvalue weighted by molar-refractivity contribution is 5.72. The van der Waals surface area contributed by atoms with E-state index in [1.807, 2.05) is 79.7 Å². The van der Waals surface area contributed by atoms with Crippen molar-refractivity contribution >= 4 is 17.9 Å². The molecule has 0 spiro atoms. The molecule has 18 nitrogen and oxygen atoms in total. The number of esters is 3. The molecule has 0 amide bonds. The van der Waals surface area contributed by atoms with Crippen LogP contribution >= 0.6 is 0 Å². The highest BCUT2D eigenvalue weighted by Gasteiger charge is 2.70. The van der Waals surface area contributed by atoms with Crippen LogP contribution in [0.25, 0.3) is 33.4 Å². The largest absolute Gasteiger partial charge is 0.464 e. The maximum atomic E-state index is 13.5. The number of carbonyl (C=O) groups excluding carboxylic acids is 3. The first-order valence-electron chi connectivity index (χ1n) is 42.4. The number of nitrogens with zero attached hydrogens (tertiary/aromatic N) is 9. The van der Waals surface area contributed by atoms with Crippen LogP contribution in [0, 0.1) is 0 Å². The van der Waals surface area contributed by atoms with E-state index in [0.717, 1.165) is 103 Å². The number of benzene rings is 6. The normalized spacial score (nSPS) is 17.1. The Balaban J connectivity index is 0.000000204. The Kier molecular flexibility index (Phi) is 35.5.